The van der Waals surface area contributed by atoms with Crippen LogP contribution in [0.25, 0.3) is 0 Å². The summed E-state index contributed by atoms with van der Waals surface area (Å²) in [6, 6.07) is 10.3. The number of hydrogen-bond donors (Lipinski definition) is 4. The summed E-state index contributed by atoms with van der Waals surface area (Å²) >= 11 is 0. The second-order valence-corrected chi connectivity index (χ2v) is 8.27. The molecular weight excluding hydrogens is 428 g/mol. The number of morpholine rings is 1. The predicted molar refractivity (Wildman–Crippen MR) is 123 cm³/mol. The van der Waals surface area contributed by atoms with Crippen LogP contribution in [-0.2, 0) is 10.3 Å². The first kappa shape index (κ1) is 22.7. The van der Waals surface area contributed by atoms with Gasteiger partial charge < -0.3 is 25.8 Å². The maximum Gasteiger partial charge on any atom is 0.405 e. The number of ether oxygens (including phenoxy) is 1. The largest absolute Gasteiger partial charge is 0.465 e. The highest BCUT2D eigenvalue weighted by Gasteiger charge is 2.40. The molecule has 4 N–H and O–H groups in total. The van der Waals surface area contributed by atoms with Crippen LogP contribution in [0.1, 0.15) is 24.8 Å². The molecule has 2 heterocycles. The van der Waals surface area contributed by atoms with E-state index in [1.165, 1.54) is 6.07 Å². The van der Waals surface area contributed by atoms with Crippen molar-refractivity contribution in [1.29, 1.82) is 0 Å². The first-order valence-electron chi connectivity index (χ1n) is 11.0. The van der Waals surface area contributed by atoms with Crippen molar-refractivity contribution in [3.05, 3.63) is 52.1 Å². The lowest BCUT2D eigenvalue weighted by Crippen LogP contribution is -2.50. The second-order valence-electron chi connectivity index (χ2n) is 8.27. The van der Waals surface area contributed by atoms with Crippen molar-refractivity contribution in [3.8, 4) is 0 Å². The van der Waals surface area contributed by atoms with E-state index in [0.29, 0.717) is 18.1 Å². The van der Waals surface area contributed by atoms with Crippen molar-refractivity contribution in [3.63, 3.8) is 0 Å². The Morgan fingerprint density at radius 1 is 1.18 bits per heavy atom. The molecule has 2 aliphatic rings. The first-order chi connectivity index (χ1) is 15.9. The van der Waals surface area contributed by atoms with Gasteiger partial charge in [0.1, 0.15) is 5.82 Å². The van der Waals surface area contributed by atoms with E-state index >= 15 is 0 Å². The van der Waals surface area contributed by atoms with Crippen molar-refractivity contribution in [2.75, 3.05) is 50.0 Å². The van der Waals surface area contributed by atoms with Gasteiger partial charge in [0.05, 0.1) is 23.7 Å². The number of nitrogens with zero attached hydrogens (tertiary/aromatic N) is 3. The quantitative estimate of drug-likeness (QED) is 0.331. The van der Waals surface area contributed by atoms with E-state index in [2.05, 4.69) is 25.8 Å². The highest BCUT2D eigenvalue weighted by atomic mass is 16.6. The van der Waals surface area contributed by atoms with E-state index in [1.807, 2.05) is 12.1 Å². The Labute approximate surface area is 191 Å². The molecule has 0 unspecified atom stereocenters. The first-order valence-corrected chi connectivity index (χ1v) is 11.0. The predicted octanol–water partition coefficient (Wildman–Crippen LogP) is 3.12. The van der Waals surface area contributed by atoms with Crippen LogP contribution >= 0.6 is 0 Å². The summed E-state index contributed by atoms with van der Waals surface area (Å²) in [7, 11) is 0. The number of anilines is 3. The summed E-state index contributed by atoms with van der Waals surface area (Å²) in [5.74, 6) is 0.693. The Balaban J connectivity index is 1.44. The molecule has 1 aromatic heterocycles. The van der Waals surface area contributed by atoms with Gasteiger partial charge in [0.25, 0.3) is 0 Å². The van der Waals surface area contributed by atoms with Crippen molar-refractivity contribution in [2.45, 2.75) is 24.8 Å². The maximum absolute atomic E-state index is 11.5. The Morgan fingerprint density at radius 3 is 2.52 bits per heavy atom. The van der Waals surface area contributed by atoms with Crippen LogP contribution in [0.4, 0.5) is 27.8 Å². The number of rotatable bonds is 9. The second kappa shape index (κ2) is 10.0. The zero-order chi connectivity index (χ0) is 23.3. The molecule has 1 aromatic carbocycles. The minimum atomic E-state index is -1.05. The van der Waals surface area contributed by atoms with Crippen LogP contribution in [0.5, 0.6) is 0 Å². The lowest BCUT2D eigenvalue weighted by atomic mass is 9.72. The van der Waals surface area contributed by atoms with Gasteiger partial charge in [-0.2, -0.15) is 0 Å². The molecule has 0 spiro atoms. The highest BCUT2D eigenvalue weighted by Crippen LogP contribution is 2.41. The van der Waals surface area contributed by atoms with Gasteiger partial charge in [-0.1, -0.05) is 12.1 Å². The van der Waals surface area contributed by atoms with Crippen LogP contribution in [0.15, 0.2) is 36.4 Å². The summed E-state index contributed by atoms with van der Waals surface area (Å²) in [5, 5.41) is 29.5. The topological polar surface area (TPSA) is 142 Å². The SMILES string of the molecule is O=C(O)NC1(c2ccc(Nc3nc(NCCN4CCOCC4)ccc3[N+](=O)[O-])cc2)CCC1. The highest BCUT2D eigenvalue weighted by molar-refractivity contribution is 5.69. The number of carboxylic acid groups (broad SMARTS) is 1. The summed E-state index contributed by atoms with van der Waals surface area (Å²) < 4.78 is 5.35. The van der Waals surface area contributed by atoms with Gasteiger partial charge in [-0.3, -0.25) is 15.0 Å². The molecule has 176 valence electrons. The molecule has 1 aliphatic carbocycles. The Kier molecular flexibility index (Phi) is 6.90. The average molecular weight is 457 g/mol. The number of nitro groups is 1. The molecule has 11 heteroatoms. The Morgan fingerprint density at radius 2 is 1.91 bits per heavy atom. The lowest BCUT2D eigenvalue weighted by molar-refractivity contribution is -0.384. The molecular formula is C22H28N6O5. The zero-order valence-electron chi connectivity index (χ0n) is 18.2. The van der Waals surface area contributed by atoms with Gasteiger partial charge in [-0.05, 0) is 43.0 Å². The minimum absolute atomic E-state index is 0.124. The molecule has 1 saturated heterocycles. The maximum atomic E-state index is 11.5. The average Bonchev–Trinajstić information content (AvgIpc) is 2.77. The van der Waals surface area contributed by atoms with Crippen LogP contribution in [0.2, 0.25) is 0 Å². The minimum Gasteiger partial charge on any atom is -0.465 e. The van der Waals surface area contributed by atoms with Crippen molar-refractivity contribution in [1.82, 2.24) is 15.2 Å². The summed E-state index contributed by atoms with van der Waals surface area (Å²) in [6.45, 7) is 4.74. The number of hydrogen-bond acceptors (Lipinski definition) is 8. The van der Waals surface area contributed by atoms with E-state index in [0.717, 1.165) is 57.7 Å². The molecule has 2 aromatic rings. The number of aromatic nitrogens is 1. The van der Waals surface area contributed by atoms with Crippen LogP contribution in [0, 0.1) is 10.1 Å². The molecule has 33 heavy (non-hydrogen) atoms. The fourth-order valence-electron chi connectivity index (χ4n) is 4.19. The molecule has 1 aliphatic heterocycles. The van der Waals surface area contributed by atoms with E-state index in [-0.39, 0.29) is 11.5 Å². The third-order valence-corrected chi connectivity index (χ3v) is 6.16. The molecule has 1 amide bonds. The Bertz CT molecular complexity index is 989. The van der Waals surface area contributed by atoms with Gasteiger partial charge >= 0.3 is 11.8 Å². The van der Waals surface area contributed by atoms with E-state index in [9.17, 15) is 14.9 Å². The molecule has 11 nitrogen and oxygen atoms in total. The van der Waals surface area contributed by atoms with E-state index < -0.39 is 16.6 Å². The van der Waals surface area contributed by atoms with Gasteiger partial charge in [-0.15, -0.1) is 0 Å². The lowest BCUT2D eigenvalue weighted by Gasteiger charge is -2.42. The van der Waals surface area contributed by atoms with Crippen LogP contribution in [0.3, 0.4) is 0 Å². The number of pyridine rings is 1. The number of carbonyl (C=O) groups is 1. The van der Waals surface area contributed by atoms with Crippen molar-refractivity contribution >= 4 is 29.1 Å². The third-order valence-electron chi connectivity index (χ3n) is 6.16. The number of benzene rings is 1. The smallest absolute Gasteiger partial charge is 0.405 e. The van der Waals surface area contributed by atoms with E-state index in [4.69, 9.17) is 9.84 Å². The fourth-order valence-corrected chi connectivity index (χ4v) is 4.19. The van der Waals surface area contributed by atoms with Gasteiger partial charge in [0, 0.05) is 37.9 Å². The van der Waals surface area contributed by atoms with Crippen molar-refractivity contribution in [2.24, 2.45) is 0 Å². The summed E-state index contributed by atoms with van der Waals surface area (Å²) in [5.41, 5.74) is 0.826. The number of nitrogens with one attached hydrogen (secondary N) is 3. The molecule has 0 radical (unpaired) electrons. The summed E-state index contributed by atoms with van der Waals surface area (Å²) in [4.78, 5) is 28.9. The van der Waals surface area contributed by atoms with E-state index in [1.54, 1.807) is 18.2 Å². The molecule has 2 fully saturated rings. The van der Waals surface area contributed by atoms with Gasteiger partial charge in [0.2, 0.25) is 5.82 Å². The standard InChI is InChI=1S/C22H28N6O5/c29-21(30)26-22(8-1-9-22)16-2-4-17(5-3-16)24-20-18(28(31)32)6-7-19(25-20)23-10-11-27-12-14-33-15-13-27/h2-7,26H,1,8-15H2,(H,29,30)(H2,23,24,25). The van der Waals surface area contributed by atoms with Gasteiger partial charge in [-0.25, -0.2) is 9.78 Å². The molecule has 1 saturated carbocycles. The number of amides is 1. The van der Waals surface area contributed by atoms with Gasteiger partial charge in [0.15, 0.2) is 0 Å². The molecule has 0 atom stereocenters. The monoisotopic (exact) mass is 456 g/mol. The third kappa shape index (κ3) is 5.49. The van der Waals surface area contributed by atoms with Crippen LogP contribution < -0.4 is 16.0 Å². The fraction of sp³-hybridized carbons (Fsp3) is 0.455. The summed E-state index contributed by atoms with van der Waals surface area (Å²) in [6.07, 6.45) is 1.41. The zero-order valence-corrected chi connectivity index (χ0v) is 18.2. The molecule has 0 bridgehead atoms. The normalized spacial score (nSPS) is 17.6. The molecule has 4 rings (SSSR count). The van der Waals surface area contributed by atoms with Crippen molar-refractivity contribution < 1.29 is 19.6 Å². The Hall–Kier alpha value is -3.44. The van der Waals surface area contributed by atoms with Crippen LogP contribution in [-0.4, -0.2) is 65.4 Å².